The summed E-state index contributed by atoms with van der Waals surface area (Å²) in [6, 6.07) is 7.79. The lowest BCUT2D eigenvalue weighted by molar-refractivity contribution is -0.0514. The number of amides is 1. The van der Waals surface area contributed by atoms with Gasteiger partial charge in [-0.2, -0.15) is 8.78 Å². The second kappa shape index (κ2) is 9.51. The number of carbonyl (C=O) groups excluding carboxylic acids is 1. The standard InChI is InChI=1S/C21H23F2NO6/c1-4-27-16-9-13(5-6-15(16)30-21(22)23)12-24(2)20(25)14-10-17(26-3)19-18(11-14)28-7-8-29-19/h5-6,9-11,21H,4,7-8,12H2,1-3H3. The van der Waals surface area contributed by atoms with E-state index in [1.54, 1.807) is 38.2 Å². The normalized spacial score (nSPS) is 12.5. The van der Waals surface area contributed by atoms with Crippen molar-refractivity contribution in [2.45, 2.75) is 20.1 Å². The second-order valence-corrected chi connectivity index (χ2v) is 6.46. The number of hydrogen-bond acceptors (Lipinski definition) is 6. The minimum Gasteiger partial charge on any atom is -0.493 e. The number of halogens is 2. The van der Waals surface area contributed by atoms with Gasteiger partial charge in [-0.25, -0.2) is 0 Å². The summed E-state index contributed by atoms with van der Waals surface area (Å²) in [6.45, 7) is 0.0915. The Morgan fingerprint density at radius 3 is 2.60 bits per heavy atom. The van der Waals surface area contributed by atoms with Crippen molar-refractivity contribution in [2.75, 3.05) is 34.0 Å². The predicted molar refractivity (Wildman–Crippen MR) is 104 cm³/mol. The van der Waals surface area contributed by atoms with Gasteiger partial charge in [-0.1, -0.05) is 6.07 Å². The summed E-state index contributed by atoms with van der Waals surface area (Å²) in [4.78, 5) is 14.4. The maximum atomic E-state index is 12.9. The first-order valence-electron chi connectivity index (χ1n) is 9.36. The number of nitrogens with zero attached hydrogens (tertiary/aromatic N) is 1. The molecule has 0 radical (unpaired) electrons. The number of alkyl halides is 2. The molecule has 30 heavy (non-hydrogen) atoms. The Morgan fingerprint density at radius 2 is 1.90 bits per heavy atom. The number of rotatable bonds is 8. The SMILES string of the molecule is CCOc1cc(CN(C)C(=O)c2cc(OC)c3c(c2)OCCO3)ccc1OC(F)F. The topological polar surface area (TPSA) is 66.5 Å². The summed E-state index contributed by atoms with van der Waals surface area (Å²) < 4.78 is 51.5. The fraction of sp³-hybridized carbons (Fsp3) is 0.381. The summed E-state index contributed by atoms with van der Waals surface area (Å²) in [5.74, 6) is 1.20. The smallest absolute Gasteiger partial charge is 0.387 e. The van der Waals surface area contributed by atoms with E-state index in [-0.39, 0.29) is 30.6 Å². The molecule has 0 bridgehead atoms. The van der Waals surface area contributed by atoms with Crippen LogP contribution in [-0.4, -0.2) is 51.4 Å². The molecule has 9 heteroatoms. The van der Waals surface area contributed by atoms with Gasteiger partial charge in [0.05, 0.1) is 13.7 Å². The molecule has 1 heterocycles. The van der Waals surface area contributed by atoms with Gasteiger partial charge in [-0.3, -0.25) is 4.79 Å². The predicted octanol–water partition coefficient (Wildman–Crippen LogP) is 3.74. The van der Waals surface area contributed by atoms with Crippen LogP contribution in [-0.2, 0) is 6.54 Å². The summed E-state index contributed by atoms with van der Waals surface area (Å²) in [7, 11) is 3.12. The first-order chi connectivity index (χ1) is 14.4. The van der Waals surface area contributed by atoms with Crippen molar-refractivity contribution in [2.24, 2.45) is 0 Å². The van der Waals surface area contributed by atoms with Gasteiger partial charge in [0, 0.05) is 19.2 Å². The molecule has 162 valence electrons. The van der Waals surface area contributed by atoms with Crippen LogP contribution in [0.1, 0.15) is 22.8 Å². The number of methoxy groups -OCH3 is 1. The van der Waals surface area contributed by atoms with Gasteiger partial charge in [-0.15, -0.1) is 0 Å². The van der Waals surface area contributed by atoms with Crippen molar-refractivity contribution in [3.63, 3.8) is 0 Å². The molecule has 1 aliphatic heterocycles. The third kappa shape index (κ3) is 4.84. The highest BCUT2D eigenvalue weighted by atomic mass is 19.3. The van der Waals surface area contributed by atoms with E-state index in [1.807, 2.05) is 0 Å². The average molecular weight is 423 g/mol. The largest absolute Gasteiger partial charge is 0.493 e. The Balaban J connectivity index is 1.79. The van der Waals surface area contributed by atoms with E-state index < -0.39 is 6.61 Å². The number of carbonyl (C=O) groups is 1. The number of hydrogen-bond donors (Lipinski definition) is 0. The fourth-order valence-electron chi connectivity index (χ4n) is 3.08. The van der Waals surface area contributed by atoms with E-state index in [0.717, 1.165) is 0 Å². The highest BCUT2D eigenvalue weighted by Gasteiger charge is 2.23. The molecule has 0 atom stereocenters. The maximum absolute atomic E-state index is 12.9. The van der Waals surface area contributed by atoms with Crippen LogP contribution in [0, 0.1) is 0 Å². The van der Waals surface area contributed by atoms with Crippen molar-refractivity contribution < 1.29 is 37.3 Å². The van der Waals surface area contributed by atoms with E-state index >= 15 is 0 Å². The van der Waals surface area contributed by atoms with E-state index in [4.69, 9.17) is 18.9 Å². The van der Waals surface area contributed by atoms with Gasteiger partial charge in [-0.05, 0) is 36.8 Å². The monoisotopic (exact) mass is 423 g/mol. The molecule has 0 spiro atoms. The van der Waals surface area contributed by atoms with Crippen LogP contribution < -0.4 is 23.7 Å². The molecule has 1 amide bonds. The zero-order chi connectivity index (χ0) is 21.7. The van der Waals surface area contributed by atoms with E-state index in [1.165, 1.54) is 18.1 Å². The van der Waals surface area contributed by atoms with Crippen molar-refractivity contribution in [3.05, 3.63) is 41.5 Å². The van der Waals surface area contributed by atoms with Crippen molar-refractivity contribution in [3.8, 4) is 28.7 Å². The molecule has 3 rings (SSSR count). The Labute approximate surface area is 173 Å². The molecule has 2 aromatic rings. The molecule has 0 aromatic heterocycles. The van der Waals surface area contributed by atoms with Gasteiger partial charge >= 0.3 is 6.61 Å². The minimum absolute atomic E-state index is 0.0545. The Hall–Kier alpha value is -3.23. The van der Waals surface area contributed by atoms with Gasteiger partial charge in [0.15, 0.2) is 23.0 Å². The second-order valence-electron chi connectivity index (χ2n) is 6.46. The first kappa shape index (κ1) is 21.5. The number of fused-ring (bicyclic) bond motifs is 1. The van der Waals surface area contributed by atoms with Crippen LogP contribution >= 0.6 is 0 Å². The third-order valence-corrected chi connectivity index (χ3v) is 4.37. The molecule has 0 saturated heterocycles. The lowest BCUT2D eigenvalue weighted by Crippen LogP contribution is -2.26. The van der Waals surface area contributed by atoms with Crippen LogP contribution in [0.4, 0.5) is 8.78 Å². The van der Waals surface area contributed by atoms with Crippen LogP contribution in [0.2, 0.25) is 0 Å². The zero-order valence-electron chi connectivity index (χ0n) is 16.9. The molecular weight excluding hydrogens is 400 g/mol. The van der Waals surface area contributed by atoms with E-state index in [2.05, 4.69) is 4.74 Å². The Kier molecular flexibility index (Phi) is 6.81. The molecule has 0 unspecified atom stereocenters. The van der Waals surface area contributed by atoms with Crippen LogP contribution in [0.15, 0.2) is 30.3 Å². The van der Waals surface area contributed by atoms with Crippen molar-refractivity contribution in [1.82, 2.24) is 4.90 Å². The summed E-state index contributed by atoms with van der Waals surface area (Å²) in [5.41, 5.74) is 1.07. The van der Waals surface area contributed by atoms with Crippen molar-refractivity contribution >= 4 is 5.91 Å². The molecule has 0 N–H and O–H groups in total. The van der Waals surface area contributed by atoms with E-state index in [9.17, 15) is 13.6 Å². The van der Waals surface area contributed by atoms with Gasteiger partial charge in [0.25, 0.3) is 5.91 Å². The van der Waals surface area contributed by atoms with Crippen LogP contribution in [0.3, 0.4) is 0 Å². The fourth-order valence-corrected chi connectivity index (χ4v) is 3.08. The van der Waals surface area contributed by atoms with Gasteiger partial charge in [0.1, 0.15) is 13.2 Å². The third-order valence-electron chi connectivity index (χ3n) is 4.37. The molecule has 7 nitrogen and oxygen atoms in total. The summed E-state index contributed by atoms with van der Waals surface area (Å²) >= 11 is 0. The molecular formula is C21H23F2NO6. The Morgan fingerprint density at radius 1 is 1.13 bits per heavy atom. The Bertz CT molecular complexity index is 888. The highest BCUT2D eigenvalue weighted by Crippen LogP contribution is 2.40. The first-order valence-corrected chi connectivity index (χ1v) is 9.36. The average Bonchev–Trinajstić information content (AvgIpc) is 2.74. The molecule has 0 aliphatic carbocycles. The lowest BCUT2D eigenvalue weighted by Gasteiger charge is -2.23. The van der Waals surface area contributed by atoms with Gasteiger partial charge in [0.2, 0.25) is 5.75 Å². The molecule has 1 aliphatic rings. The molecule has 0 fully saturated rings. The lowest BCUT2D eigenvalue weighted by atomic mass is 10.1. The van der Waals surface area contributed by atoms with E-state index in [0.29, 0.717) is 41.6 Å². The number of ether oxygens (including phenoxy) is 5. The molecule has 0 saturated carbocycles. The van der Waals surface area contributed by atoms with Crippen LogP contribution in [0.25, 0.3) is 0 Å². The number of benzene rings is 2. The van der Waals surface area contributed by atoms with Gasteiger partial charge < -0.3 is 28.6 Å². The van der Waals surface area contributed by atoms with Crippen molar-refractivity contribution in [1.29, 1.82) is 0 Å². The summed E-state index contributed by atoms with van der Waals surface area (Å²) in [5, 5.41) is 0. The minimum atomic E-state index is -2.95. The summed E-state index contributed by atoms with van der Waals surface area (Å²) in [6.07, 6.45) is 0. The zero-order valence-corrected chi connectivity index (χ0v) is 16.9. The van der Waals surface area contributed by atoms with Crippen LogP contribution in [0.5, 0.6) is 28.7 Å². The quantitative estimate of drug-likeness (QED) is 0.645. The maximum Gasteiger partial charge on any atom is 0.387 e. The molecule has 2 aromatic carbocycles. The highest BCUT2D eigenvalue weighted by molar-refractivity contribution is 5.95.